The molecule has 0 saturated heterocycles. The molecule has 9 nitrogen and oxygen atoms in total. The van der Waals surface area contributed by atoms with Gasteiger partial charge in [0.05, 0.1) is 6.61 Å². The van der Waals surface area contributed by atoms with Crippen LogP contribution in [0.5, 0.6) is 0 Å². The minimum atomic E-state index is -4.80. The molecule has 4 atom stereocenters. The summed E-state index contributed by atoms with van der Waals surface area (Å²) in [5.74, 6) is 0. The van der Waals surface area contributed by atoms with E-state index in [2.05, 4.69) is 4.52 Å². The molecule has 0 rings (SSSR count). The number of aliphatic hydroxyl groups excluding tert-OH is 4. The average Bonchev–Trinajstić information content (AvgIpc) is 2.21. The van der Waals surface area contributed by atoms with Crippen LogP contribution in [-0.2, 0) is 13.9 Å². The number of hydrogen-bond acceptors (Lipinski definition) is 7. The molecule has 0 aromatic carbocycles. The van der Waals surface area contributed by atoms with Gasteiger partial charge in [-0.25, -0.2) is 4.57 Å². The summed E-state index contributed by atoms with van der Waals surface area (Å²) in [5, 5.41) is 36.1. The van der Waals surface area contributed by atoms with Gasteiger partial charge in [-0.1, -0.05) is 0 Å². The smallest absolute Gasteiger partial charge is 1.00 e. The molecular formula is C6H14NaO9P. The minimum absolute atomic E-state index is 0. The molecule has 17 heavy (non-hydrogen) atoms. The van der Waals surface area contributed by atoms with Gasteiger partial charge in [-0.3, -0.25) is 4.52 Å². The van der Waals surface area contributed by atoms with Gasteiger partial charge in [0.15, 0.2) is 6.29 Å². The van der Waals surface area contributed by atoms with Crippen LogP contribution in [0.3, 0.4) is 0 Å². The van der Waals surface area contributed by atoms with E-state index in [1.807, 2.05) is 0 Å². The van der Waals surface area contributed by atoms with Gasteiger partial charge in [0.2, 0.25) is 0 Å². The van der Waals surface area contributed by atoms with E-state index >= 15 is 0 Å². The van der Waals surface area contributed by atoms with Gasteiger partial charge in [0.25, 0.3) is 0 Å². The van der Waals surface area contributed by atoms with Crippen molar-refractivity contribution in [1.82, 2.24) is 0 Å². The fourth-order valence-electron chi connectivity index (χ4n) is 0.782. The van der Waals surface area contributed by atoms with Crippen molar-refractivity contribution in [3.63, 3.8) is 0 Å². The maximum atomic E-state index is 10.2. The summed E-state index contributed by atoms with van der Waals surface area (Å²) >= 11 is 0. The van der Waals surface area contributed by atoms with Crippen LogP contribution in [0.4, 0.5) is 0 Å². The average molecular weight is 284 g/mol. The summed E-state index contributed by atoms with van der Waals surface area (Å²) in [6.07, 6.45) is -7.80. The molecule has 0 spiro atoms. The molecule has 98 valence electrons. The zero-order valence-corrected chi connectivity index (χ0v) is 11.8. The van der Waals surface area contributed by atoms with Crippen LogP contribution < -0.4 is 29.6 Å². The molecule has 0 aromatic heterocycles. The number of phosphoric acid groups is 1. The first-order chi connectivity index (χ1) is 7.19. The first-order valence-electron chi connectivity index (χ1n) is 4.06. The molecule has 0 heterocycles. The summed E-state index contributed by atoms with van der Waals surface area (Å²) in [4.78, 5) is 26.6. The van der Waals surface area contributed by atoms with Crippen LogP contribution >= 0.6 is 7.82 Å². The first-order valence-corrected chi connectivity index (χ1v) is 5.59. The van der Waals surface area contributed by atoms with E-state index in [1.165, 1.54) is 0 Å². The Morgan fingerprint density at radius 3 is 2.00 bits per heavy atom. The van der Waals surface area contributed by atoms with Crippen LogP contribution in [0.25, 0.3) is 0 Å². The molecule has 6 N–H and O–H groups in total. The summed E-state index contributed by atoms with van der Waals surface area (Å²) in [6, 6.07) is 0. The van der Waals surface area contributed by atoms with Crippen molar-refractivity contribution in [3.8, 4) is 0 Å². The van der Waals surface area contributed by atoms with Crippen LogP contribution in [0, 0.1) is 0 Å². The van der Waals surface area contributed by atoms with Crippen molar-refractivity contribution in [2.75, 3.05) is 6.61 Å². The zero-order chi connectivity index (χ0) is 12.9. The van der Waals surface area contributed by atoms with Gasteiger partial charge in [0, 0.05) is 0 Å². The van der Waals surface area contributed by atoms with Crippen LogP contribution in [0.2, 0.25) is 0 Å². The molecule has 0 bridgehead atoms. The van der Waals surface area contributed by atoms with Crippen molar-refractivity contribution < 1.29 is 75.1 Å². The van der Waals surface area contributed by atoms with Crippen LogP contribution in [0.1, 0.15) is 1.43 Å². The van der Waals surface area contributed by atoms with E-state index in [0.29, 0.717) is 0 Å². The second-order valence-electron chi connectivity index (χ2n) is 2.96. The second kappa shape index (κ2) is 8.68. The Hall–Kier alpha value is 0.620. The van der Waals surface area contributed by atoms with E-state index in [-0.39, 0.29) is 37.3 Å². The first kappa shape index (κ1) is 19.9. The molecule has 0 amide bonds. The fraction of sp³-hybridized carbons (Fsp3) is 0.833. The number of phosphoric ester groups is 1. The molecule has 0 aliphatic heterocycles. The summed E-state index contributed by atoms with van der Waals surface area (Å²) < 4.78 is 14.1. The van der Waals surface area contributed by atoms with Crippen molar-refractivity contribution in [3.05, 3.63) is 0 Å². The van der Waals surface area contributed by atoms with E-state index in [4.69, 9.17) is 30.2 Å². The predicted octanol–water partition coefficient (Wildman–Crippen LogP) is -6.15. The summed E-state index contributed by atoms with van der Waals surface area (Å²) in [5.41, 5.74) is 0. The SMILES string of the molecule is O=C[C@@H](O)[C@@H](O)[C@H](O)[C@H](O)COP(=O)(O)O.[H-].[Na+]. The van der Waals surface area contributed by atoms with Crippen molar-refractivity contribution in [2.24, 2.45) is 0 Å². The summed E-state index contributed by atoms with van der Waals surface area (Å²) in [7, 11) is -4.80. The fourth-order valence-corrected chi connectivity index (χ4v) is 1.13. The molecule has 0 saturated carbocycles. The molecule has 0 unspecified atom stereocenters. The Morgan fingerprint density at radius 1 is 1.18 bits per heavy atom. The van der Waals surface area contributed by atoms with Gasteiger partial charge in [-0.05, 0) is 0 Å². The van der Waals surface area contributed by atoms with Gasteiger partial charge in [0.1, 0.15) is 24.4 Å². The Labute approximate surface area is 120 Å². The van der Waals surface area contributed by atoms with Gasteiger partial charge in [-0.15, -0.1) is 0 Å². The maximum absolute atomic E-state index is 10.2. The predicted molar refractivity (Wildman–Crippen MR) is 49.2 cm³/mol. The van der Waals surface area contributed by atoms with Crippen molar-refractivity contribution in [2.45, 2.75) is 24.4 Å². The second-order valence-corrected chi connectivity index (χ2v) is 4.20. The number of aliphatic hydroxyl groups is 4. The zero-order valence-electron chi connectivity index (χ0n) is 9.95. The third kappa shape index (κ3) is 8.36. The molecule has 0 aromatic rings. The number of rotatable bonds is 7. The standard InChI is InChI=1S/C6H13O9P.Na.H/c7-1-3(8)5(10)6(11)4(9)2-15-16(12,13)14;;/h1,3-6,8-11H,2H2,(H2,12,13,14);;/q;+1;-1/t3-,4-,5-,6-;;/m1../s1. The number of aldehydes is 1. The Bertz CT molecular complexity index is 274. The van der Waals surface area contributed by atoms with Gasteiger partial charge in [-0.2, -0.15) is 0 Å². The van der Waals surface area contributed by atoms with E-state index in [0.717, 1.165) is 0 Å². The third-order valence-electron chi connectivity index (χ3n) is 1.65. The molecule has 0 aliphatic rings. The molecule has 0 aliphatic carbocycles. The molecule has 0 fully saturated rings. The Balaban J connectivity index is -0.00000112. The monoisotopic (exact) mass is 284 g/mol. The normalized spacial score (nSPS) is 18.7. The van der Waals surface area contributed by atoms with Gasteiger partial charge < -0.3 is 36.4 Å². The molecule has 0 radical (unpaired) electrons. The number of hydrogen-bond donors (Lipinski definition) is 6. The third-order valence-corrected chi connectivity index (χ3v) is 2.13. The number of carbonyl (C=O) groups is 1. The Morgan fingerprint density at radius 2 is 1.65 bits per heavy atom. The molecule has 11 heteroatoms. The summed E-state index contributed by atoms with van der Waals surface area (Å²) in [6.45, 7) is -0.964. The van der Waals surface area contributed by atoms with Crippen molar-refractivity contribution >= 4 is 14.1 Å². The molecular weight excluding hydrogens is 270 g/mol. The van der Waals surface area contributed by atoms with Crippen molar-refractivity contribution in [1.29, 1.82) is 0 Å². The Kier molecular flexibility index (Phi) is 10.2. The largest absolute Gasteiger partial charge is 1.00 e. The quantitative estimate of drug-likeness (QED) is 0.151. The number of carbonyl (C=O) groups excluding carboxylic acids is 1. The van der Waals surface area contributed by atoms with E-state index in [1.54, 1.807) is 0 Å². The maximum Gasteiger partial charge on any atom is 1.00 e. The van der Waals surface area contributed by atoms with E-state index in [9.17, 15) is 9.36 Å². The minimum Gasteiger partial charge on any atom is -1.00 e. The van der Waals surface area contributed by atoms with Crippen LogP contribution in [0.15, 0.2) is 0 Å². The van der Waals surface area contributed by atoms with E-state index < -0.39 is 38.8 Å². The van der Waals surface area contributed by atoms with Gasteiger partial charge >= 0.3 is 37.4 Å². The topological polar surface area (TPSA) is 165 Å². The van der Waals surface area contributed by atoms with Crippen LogP contribution in [-0.4, -0.2) is 67.5 Å².